The maximum Gasteiger partial charge on any atom is 0.124 e. The minimum atomic E-state index is -0.372. The van der Waals surface area contributed by atoms with Crippen molar-refractivity contribution in [3.8, 4) is 6.07 Å². The van der Waals surface area contributed by atoms with Gasteiger partial charge in [0.05, 0.1) is 24.3 Å². The first-order valence-electron chi connectivity index (χ1n) is 13.2. The summed E-state index contributed by atoms with van der Waals surface area (Å²) in [6, 6.07) is 6.41. The van der Waals surface area contributed by atoms with E-state index in [0.29, 0.717) is 12.2 Å². The van der Waals surface area contributed by atoms with Crippen LogP contribution in [0.1, 0.15) is 127 Å². The fourth-order valence-electron chi connectivity index (χ4n) is 4.20. The average molecular weight is 464 g/mol. The van der Waals surface area contributed by atoms with Crippen molar-refractivity contribution < 1.29 is 9.13 Å². The number of nitrogens with zero attached hydrogens (tertiary/aromatic N) is 1. The van der Waals surface area contributed by atoms with Gasteiger partial charge in [0.15, 0.2) is 0 Å². The number of unbranched alkanes of at least 4 members (excludes halogenated alkanes) is 15. The number of nitriles is 1. The molecule has 0 aliphatic carbocycles. The maximum absolute atomic E-state index is 13.5. The van der Waals surface area contributed by atoms with E-state index in [9.17, 15) is 4.39 Å². The highest BCUT2D eigenvalue weighted by Gasteiger charge is 2.08. The molecule has 0 spiro atoms. The molecule has 0 heterocycles. The van der Waals surface area contributed by atoms with Gasteiger partial charge in [-0.25, -0.2) is 4.39 Å². The quantitative estimate of drug-likeness (QED) is 0.134. The fourth-order valence-corrected chi connectivity index (χ4v) is 4.57. The maximum atomic E-state index is 13.5. The average Bonchev–Trinajstić information content (AvgIpc) is 2.80. The number of rotatable bonds is 21. The van der Waals surface area contributed by atoms with Crippen molar-refractivity contribution in [1.29, 1.82) is 5.26 Å². The lowest BCUT2D eigenvalue weighted by Crippen LogP contribution is -2.14. The molecule has 0 bridgehead atoms. The van der Waals surface area contributed by atoms with E-state index in [1.807, 2.05) is 6.07 Å². The molecule has 182 valence electrons. The monoisotopic (exact) mass is 463 g/mol. The second kappa shape index (κ2) is 20.6. The van der Waals surface area contributed by atoms with Crippen LogP contribution in [0.5, 0.6) is 0 Å². The van der Waals surface area contributed by atoms with Gasteiger partial charge in [-0.1, -0.05) is 110 Å². The minimum Gasteiger partial charge on any atom is -0.373 e. The van der Waals surface area contributed by atoms with Crippen molar-refractivity contribution in [2.24, 2.45) is 0 Å². The standard InChI is InChI=1S/C28H47FNOP/c1-2-3-4-5-6-7-8-9-10-11-12-13-14-15-16-17-18-28(24-32)31-23-26-19-25(22-30)20-27(29)21-26/h19-21,28H,2-18,23-24,32H2,1H3. The second-order valence-corrected chi connectivity index (χ2v) is 9.69. The highest BCUT2D eigenvalue weighted by molar-refractivity contribution is 7.16. The highest BCUT2D eigenvalue weighted by Crippen LogP contribution is 2.17. The fraction of sp³-hybridized carbons (Fsp3) is 0.750. The van der Waals surface area contributed by atoms with Crippen LogP contribution in [0.2, 0.25) is 0 Å². The Hall–Kier alpha value is -0.970. The summed E-state index contributed by atoms with van der Waals surface area (Å²) in [5, 5.41) is 8.96. The SMILES string of the molecule is CCCCCCCCCCCCCCCCCCC(CP)OCc1cc(F)cc(C#N)c1. The lowest BCUT2D eigenvalue weighted by molar-refractivity contribution is 0.0487. The molecular formula is C28H47FNOP. The van der Waals surface area contributed by atoms with Gasteiger partial charge >= 0.3 is 0 Å². The van der Waals surface area contributed by atoms with E-state index in [4.69, 9.17) is 10.00 Å². The molecule has 1 rings (SSSR count). The predicted octanol–water partition coefficient (Wildman–Crippen LogP) is 9.11. The molecule has 32 heavy (non-hydrogen) atoms. The van der Waals surface area contributed by atoms with Gasteiger partial charge in [-0.2, -0.15) is 5.26 Å². The summed E-state index contributed by atoms with van der Waals surface area (Å²) in [7, 11) is 2.76. The summed E-state index contributed by atoms with van der Waals surface area (Å²) in [5.74, 6) is -0.372. The van der Waals surface area contributed by atoms with Gasteiger partial charge in [-0.3, -0.25) is 0 Å². The molecular weight excluding hydrogens is 416 g/mol. The van der Waals surface area contributed by atoms with Crippen molar-refractivity contribution in [3.05, 3.63) is 35.1 Å². The van der Waals surface area contributed by atoms with Crippen LogP contribution in [0.3, 0.4) is 0 Å². The smallest absolute Gasteiger partial charge is 0.124 e. The number of benzene rings is 1. The summed E-state index contributed by atoms with van der Waals surface area (Å²) < 4.78 is 19.5. The Kier molecular flexibility index (Phi) is 18.7. The molecule has 4 heteroatoms. The molecule has 0 amide bonds. The largest absolute Gasteiger partial charge is 0.373 e. The molecule has 0 aromatic heterocycles. The molecule has 0 radical (unpaired) electrons. The molecule has 0 saturated heterocycles. The Morgan fingerprint density at radius 1 is 0.812 bits per heavy atom. The molecule has 2 atom stereocenters. The number of ether oxygens (including phenoxy) is 1. The predicted molar refractivity (Wildman–Crippen MR) is 138 cm³/mol. The molecule has 1 aromatic rings. The van der Waals surface area contributed by atoms with Gasteiger partial charge in [0.2, 0.25) is 0 Å². The third kappa shape index (κ3) is 15.8. The van der Waals surface area contributed by atoms with Crippen LogP contribution in [0.25, 0.3) is 0 Å². The molecule has 0 aliphatic rings. The molecule has 0 fully saturated rings. The molecule has 0 N–H and O–H groups in total. The normalized spacial score (nSPS) is 12.1. The summed E-state index contributed by atoms with van der Waals surface area (Å²) in [6.45, 7) is 2.65. The minimum absolute atomic E-state index is 0.181. The Morgan fingerprint density at radius 3 is 1.78 bits per heavy atom. The Labute approximate surface area is 199 Å². The van der Waals surface area contributed by atoms with Crippen LogP contribution in [-0.2, 0) is 11.3 Å². The van der Waals surface area contributed by atoms with Gasteiger partial charge in [0, 0.05) is 0 Å². The Morgan fingerprint density at radius 2 is 1.31 bits per heavy atom. The van der Waals surface area contributed by atoms with Crippen LogP contribution in [0.15, 0.2) is 18.2 Å². The summed E-state index contributed by atoms with van der Waals surface area (Å²) >= 11 is 0. The van der Waals surface area contributed by atoms with E-state index < -0.39 is 0 Å². The number of halogens is 1. The molecule has 2 unspecified atom stereocenters. The topological polar surface area (TPSA) is 33.0 Å². The highest BCUT2D eigenvalue weighted by atomic mass is 31.0. The van der Waals surface area contributed by atoms with Crippen molar-refractivity contribution in [2.75, 3.05) is 6.16 Å². The zero-order valence-corrected chi connectivity index (χ0v) is 21.7. The van der Waals surface area contributed by atoms with Crippen molar-refractivity contribution in [3.63, 3.8) is 0 Å². The Bertz CT molecular complexity index is 616. The van der Waals surface area contributed by atoms with Crippen molar-refractivity contribution in [1.82, 2.24) is 0 Å². The summed E-state index contributed by atoms with van der Waals surface area (Å²) in [4.78, 5) is 0. The molecule has 0 saturated carbocycles. The van der Waals surface area contributed by atoms with Crippen LogP contribution in [0, 0.1) is 17.1 Å². The molecule has 2 nitrogen and oxygen atoms in total. The van der Waals surface area contributed by atoms with Crippen LogP contribution in [0.4, 0.5) is 4.39 Å². The second-order valence-electron chi connectivity index (χ2n) is 9.22. The zero-order chi connectivity index (χ0) is 23.3. The van der Waals surface area contributed by atoms with Crippen LogP contribution >= 0.6 is 9.24 Å². The number of hydrogen-bond acceptors (Lipinski definition) is 2. The van der Waals surface area contributed by atoms with Gasteiger partial charge in [0.1, 0.15) is 5.82 Å². The van der Waals surface area contributed by atoms with Gasteiger partial charge in [0.25, 0.3) is 0 Å². The van der Waals surface area contributed by atoms with E-state index in [1.165, 1.54) is 115 Å². The Balaban J connectivity index is 1.93. The first kappa shape index (κ1) is 29.1. The molecule has 0 aliphatic heterocycles. The lowest BCUT2D eigenvalue weighted by Gasteiger charge is -2.16. The zero-order valence-electron chi connectivity index (χ0n) is 20.6. The van der Waals surface area contributed by atoms with E-state index in [-0.39, 0.29) is 11.9 Å². The van der Waals surface area contributed by atoms with Gasteiger partial charge in [-0.15, -0.1) is 9.24 Å². The van der Waals surface area contributed by atoms with E-state index in [2.05, 4.69) is 16.2 Å². The van der Waals surface area contributed by atoms with Gasteiger partial charge < -0.3 is 4.74 Å². The lowest BCUT2D eigenvalue weighted by atomic mass is 10.0. The first-order valence-corrected chi connectivity index (χ1v) is 14.0. The van der Waals surface area contributed by atoms with Crippen LogP contribution in [-0.4, -0.2) is 12.3 Å². The van der Waals surface area contributed by atoms with E-state index in [0.717, 1.165) is 18.1 Å². The molecule has 1 aromatic carbocycles. The summed E-state index contributed by atoms with van der Waals surface area (Å²) in [6.07, 6.45) is 24.2. The van der Waals surface area contributed by atoms with Crippen molar-refractivity contribution >= 4 is 9.24 Å². The van der Waals surface area contributed by atoms with E-state index in [1.54, 1.807) is 6.07 Å². The first-order chi connectivity index (χ1) is 15.7. The summed E-state index contributed by atoms with van der Waals surface area (Å²) in [5.41, 5.74) is 1.08. The van der Waals surface area contributed by atoms with Gasteiger partial charge in [-0.05, 0) is 36.3 Å². The van der Waals surface area contributed by atoms with E-state index >= 15 is 0 Å². The van der Waals surface area contributed by atoms with Crippen LogP contribution < -0.4 is 0 Å². The number of hydrogen-bond donors (Lipinski definition) is 0. The third-order valence-corrected chi connectivity index (χ3v) is 6.74. The third-order valence-electron chi connectivity index (χ3n) is 6.21. The van der Waals surface area contributed by atoms with Crippen molar-refractivity contribution in [2.45, 2.75) is 129 Å².